The van der Waals surface area contributed by atoms with Crippen molar-refractivity contribution in [3.8, 4) is 0 Å². The molecule has 178 valence electrons. The van der Waals surface area contributed by atoms with E-state index >= 15 is 0 Å². The Morgan fingerprint density at radius 3 is 2.82 bits per heavy atom. The van der Waals surface area contributed by atoms with Crippen LogP contribution in [0.15, 0.2) is 47.1 Å². The summed E-state index contributed by atoms with van der Waals surface area (Å²) in [5.41, 5.74) is 0.772. The van der Waals surface area contributed by atoms with Crippen molar-refractivity contribution in [2.24, 2.45) is 0 Å². The summed E-state index contributed by atoms with van der Waals surface area (Å²) in [6.07, 6.45) is 1.59. The molecule has 0 spiro atoms. The largest absolute Gasteiger partial charge is 0.464 e. The number of nitrogens with zero attached hydrogens (tertiary/aromatic N) is 2. The van der Waals surface area contributed by atoms with Gasteiger partial charge in [0.25, 0.3) is 5.91 Å². The standard InChI is InChI=1S/C25H26Cl2N4O3/c1-3-31-8-7-30(13-15(31)2)14-22(32)29-25(17-4-5-21-16(10-17)6-9-34-21)23-19(27)11-18(26)12-20(23)28-24(25)33/h4-6,9-12,15H,3,7-8,13-14H2,1-2H3,(H,28,33)(H,29,32). The Bertz CT molecular complexity index is 1280. The van der Waals surface area contributed by atoms with Crippen LogP contribution in [-0.2, 0) is 15.1 Å². The molecule has 2 aromatic carbocycles. The summed E-state index contributed by atoms with van der Waals surface area (Å²) in [5.74, 6) is -0.634. The topological polar surface area (TPSA) is 77.8 Å². The van der Waals surface area contributed by atoms with Crippen LogP contribution in [0.2, 0.25) is 10.0 Å². The van der Waals surface area contributed by atoms with Gasteiger partial charge in [-0.1, -0.05) is 36.2 Å². The van der Waals surface area contributed by atoms with Crippen molar-refractivity contribution in [2.75, 3.05) is 38.0 Å². The van der Waals surface area contributed by atoms with Gasteiger partial charge in [-0.2, -0.15) is 0 Å². The van der Waals surface area contributed by atoms with Crippen molar-refractivity contribution >= 4 is 51.7 Å². The van der Waals surface area contributed by atoms with Crippen LogP contribution in [0.3, 0.4) is 0 Å². The molecular weight excluding hydrogens is 475 g/mol. The Morgan fingerprint density at radius 2 is 2.06 bits per heavy atom. The second-order valence-corrected chi connectivity index (χ2v) is 9.79. The molecule has 1 saturated heterocycles. The third kappa shape index (κ3) is 3.86. The Labute approximate surface area is 208 Å². The number of likely N-dealkylation sites (N-methyl/N-ethyl adjacent to an activating group) is 1. The highest BCUT2D eigenvalue weighted by atomic mass is 35.5. The number of amides is 2. The van der Waals surface area contributed by atoms with Gasteiger partial charge in [0.2, 0.25) is 5.91 Å². The number of hydrogen-bond donors (Lipinski definition) is 2. The SMILES string of the molecule is CCN1CCN(CC(=O)NC2(c3ccc4occc4c3)C(=O)Nc3cc(Cl)cc(Cl)c32)CC1C. The molecule has 1 fully saturated rings. The van der Waals surface area contributed by atoms with Gasteiger partial charge < -0.3 is 15.1 Å². The molecule has 5 rings (SSSR count). The number of furan rings is 1. The Balaban J connectivity index is 1.53. The molecule has 0 bridgehead atoms. The number of nitrogens with one attached hydrogen (secondary N) is 2. The lowest BCUT2D eigenvalue weighted by Crippen LogP contribution is -2.57. The molecule has 0 aliphatic carbocycles. The highest BCUT2D eigenvalue weighted by Crippen LogP contribution is 2.46. The summed E-state index contributed by atoms with van der Waals surface area (Å²) in [5, 5.41) is 7.46. The fraction of sp³-hybridized carbons (Fsp3) is 0.360. The molecule has 2 amide bonds. The summed E-state index contributed by atoms with van der Waals surface area (Å²) < 4.78 is 5.47. The van der Waals surface area contributed by atoms with Gasteiger partial charge in [0.15, 0.2) is 5.54 Å². The molecule has 2 N–H and O–H groups in total. The van der Waals surface area contributed by atoms with E-state index in [9.17, 15) is 9.59 Å². The van der Waals surface area contributed by atoms with Crippen LogP contribution in [0.5, 0.6) is 0 Å². The first-order valence-corrected chi connectivity index (χ1v) is 12.1. The van der Waals surface area contributed by atoms with Crippen LogP contribution in [0, 0.1) is 0 Å². The summed E-state index contributed by atoms with van der Waals surface area (Å²) in [6, 6.07) is 10.8. The normalized spacial score (nSPS) is 23.2. The predicted molar refractivity (Wildman–Crippen MR) is 133 cm³/mol. The minimum atomic E-state index is -1.49. The second kappa shape index (κ2) is 8.89. The molecule has 0 saturated carbocycles. The van der Waals surface area contributed by atoms with Crippen LogP contribution in [0.1, 0.15) is 25.0 Å². The van der Waals surface area contributed by atoms with E-state index < -0.39 is 5.54 Å². The minimum Gasteiger partial charge on any atom is -0.464 e. The number of carbonyl (C=O) groups is 2. The number of fused-ring (bicyclic) bond motifs is 2. The lowest BCUT2D eigenvalue weighted by molar-refractivity contribution is -0.130. The smallest absolute Gasteiger partial charge is 0.259 e. The van der Waals surface area contributed by atoms with E-state index in [0.717, 1.165) is 31.6 Å². The molecule has 3 heterocycles. The zero-order chi connectivity index (χ0) is 24.0. The lowest BCUT2D eigenvalue weighted by Gasteiger charge is -2.39. The monoisotopic (exact) mass is 500 g/mol. The van der Waals surface area contributed by atoms with E-state index in [-0.39, 0.29) is 18.4 Å². The first kappa shape index (κ1) is 23.2. The van der Waals surface area contributed by atoms with Crippen LogP contribution in [0.25, 0.3) is 11.0 Å². The molecular formula is C25H26Cl2N4O3. The van der Waals surface area contributed by atoms with Gasteiger partial charge in [-0.25, -0.2) is 0 Å². The second-order valence-electron chi connectivity index (χ2n) is 8.95. The summed E-state index contributed by atoms with van der Waals surface area (Å²) in [7, 11) is 0. The highest BCUT2D eigenvalue weighted by molar-refractivity contribution is 6.37. The molecule has 2 aliphatic rings. The fourth-order valence-electron chi connectivity index (χ4n) is 5.19. The van der Waals surface area contributed by atoms with Crippen molar-refractivity contribution in [1.82, 2.24) is 15.1 Å². The number of anilines is 1. The van der Waals surface area contributed by atoms with E-state index in [2.05, 4.69) is 34.3 Å². The first-order chi connectivity index (χ1) is 16.3. The van der Waals surface area contributed by atoms with Gasteiger partial charge in [-0.05, 0) is 49.4 Å². The van der Waals surface area contributed by atoms with Gasteiger partial charge in [0.1, 0.15) is 5.58 Å². The Morgan fingerprint density at radius 1 is 1.24 bits per heavy atom. The lowest BCUT2D eigenvalue weighted by atomic mass is 9.83. The van der Waals surface area contributed by atoms with Gasteiger partial charge in [-0.3, -0.25) is 19.4 Å². The molecule has 2 aliphatic heterocycles. The van der Waals surface area contributed by atoms with Crippen molar-refractivity contribution in [1.29, 1.82) is 0 Å². The molecule has 0 radical (unpaired) electrons. The average molecular weight is 501 g/mol. The third-order valence-electron chi connectivity index (χ3n) is 6.85. The van der Waals surface area contributed by atoms with E-state index in [4.69, 9.17) is 27.6 Å². The molecule has 3 aromatic rings. The summed E-state index contributed by atoms with van der Waals surface area (Å²) in [4.78, 5) is 31.5. The minimum absolute atomic E-state index is 0.186. The zero-order valence-corrected chi connectivity index (χ0v) is 20.5. The van der Waals surface area contributed by atoms with Crippen molar-refractivity contribution in [3.05, 3.63) is 63.8 Å². The van der Waals surface area contributed by atoms with Crippen LogP contribution in [0.4, 0.5) is 5.69 Å². The molecule has 2 unspecified atom stereocenters. The first-order valence-electron chi connectivity index (χ1n) is 11.4. The maximum Gasteiger partial charge on any atom is 0.259 e. The van der Waals surface area contributed by atoms with Gasteiger partial charge in [-0.15, -0.1) is 0 Å². The summed E-state index contributed by atoms with van der Waals surface area (Å²) >= 11 is 12.8. The average Bonchev–Trinajstić information content (AvgIpc) is 3.36. The molecule has 1 aromatic heterocycles. The van der Waals surface area contributed by atoms with Gasteiger partial charge in [0, 0.05) is 41.6 Å². The van der Waals surface area contributed by atoms with Crippen LogP contribution < -0.4 is 10.6 Å². The van der Waals surface area contributed by atoms with Crippen molar-refractivity contribution in [3.63, 3.8) is 0 Å². The Kier molecular flexibility index (Phi) is 6.06. The van der Waals surface area contributed by atoms with Crippen molar-refractivity contribution in [2.45, 2.75) is 25.4 Å². The third-order valence-corrected chi connectivity index (χ3v) is 7.37. The number of halogens is 2. The predicted octanol–water partition coefficient (Wildman–Crippen LogP) is 4.08. The molecule has 2 atom stereocenters. The maximum absolute atomic E-state index is 13.6. The van der Waals surface area contributed by atoms with E-state index in [0.29, 0.717) is 38.5 Å². The summed E-state index contributed by atoms with van der Waals surface area (Å²) in [6.45, 7) is 7.96. The molecule has 34 heavy (non-hydrogen) atoms. The quantitative estimate of drug-likeness (QED) is 0.551. The van der Waals surface area contributed by atoms with E-state index in [1.807, 2.05) is 12.1 Å². The number of carbonyl (C=O) groups excluding carboxylic acids is 2. The van der Waals surface area contributed by atoms with E-state index in [1.165, 1.54) is 0 Å². The van der Waals surface area contributed by atoms with Gasteiger partial charge >= 0.3 is 0 Å². The fourth-order valence-corrected chi connectivity index (χ4v) is 5.82. The molecule has 7 nitrogen and oxygen atoms in total. The van der Waals surface area contributed by atoms with Crippen molar-refractivity contribution < 1.29 is 14.0 Å². The number of piperazine rings is 1. The van der Waals surface area contributed by atoms with Crippen LogP contribution in [-0.4, -0.2) is 60.4 Å². The molecule has 9 heteroatoms. The van der Waals surface area contributed by atoms with Gasteiger partial charge in [0.05, 0.1) is 23.5 Å². The number of rotatable bonds is 5. The number of hydrogen-bond acceptors (Lipinski definition) is 5. The Hall–Kier alpha value is -2.58. The number of benzene rings is 2. The highest BCUT2D eigenvalue weighted by Gasteiger charge is 2.51. The van der Waals surface area contributed by atoms with Crippen LogP contribution >= 0.6 is 23.2 Å². The zero-order valence-electron chi connectivity index (χ0n) is 19.0. The van der Waals surface area contributed by atoms with E-state index in [1.54, 1.807) is 30.5 Å². The maximum atomic E-state index is 13.6.